The molecular weight excluding hydrogens is 376 g/mol. The van der Waals surface area contributed by atoms with Crippen LogP contribution in [0.3, 0.4) is 0 Å². The number of ether oxygens (including phenoxy) is 1. The lowest BCUT2D eigenvalue weighted by molar-refractivity contribution is -0.00617. The minimum atomic E-state index is -0.483. The zero-order valence-corrected chi connectivity index (χ0v) is 17.3. The van der Waals surface area contributed by atoms with Crippen molar-refractivity contribution in [1.82, 2.24) is 0 Å². The Morgan fingerprint density at radius 2 is 1.50 bits per heavy atom. The summed E-state index contributed by atoms with van der Waals surface area (Å²) in [6.07, 6.45) is 7.79. The number of rotatable bonds is 5. The van der Waals surface area contributed by atoms with Crippen LogP contribution in [0.1, 0.15) is 64.8 Å². The first-order valence-electron chi connectivity index (χ1n) is 10.9. The van der Waals surface area contributed by atoms with Crippen molar-refractivity contribution in [3.05, 3.63) is 59.2 Å². The molecule has 0 heterocycles. The van der Waals surface area contributed by atoms with Gasteiger partial charge in [0.05, 0.1) is 7.11 Å². The van der Waals surface area contributed by atoms with Gasteiger partial charge in [-0.2, -0.15) is 0 Å². The minimum Gasteiger partial charge on any atom is -0.496 e. The molecule has 2 aromatic carbocycles. The molecule has 4 fully saturated rings. The van der Waals surface area contributed by atoms with Gasteiger partial charge in [-0.25, -0.2) is 0 Å². The Morgan fingerprint density at radius 1 is 0.933 bits per heavy atom. The van der Waals surface area contributed by atoms with Gasteiger partial charge in [0, 0.05) is 22.4 Å². The first kappa shape index (κ1) is 19.2. The fraction of sp³-hybridized carbons (Fsp3) is 0.440. The Hall–Kier alpha value is -2.82. The van der Waals surface area contributed by atoms with Crippen molar-refractivity contribution in [2.45, 2.75) is 43.9 Å². The number of benzene rings is 2. The first-order chi connectivity index (χ1) is 14.5. The number of nitrogens with one attached hydrogen (secondary N) is 1. The van der Waals surface area contributed by atoms with E-state index in [4.69, 9.17) is 10.5 Å². The average molecular weight is 405 g/mol. The van der Waals surface area contributed by atoms with Crippen LogP contribution in [-0.2, 0) is 5.41 Å². The van der Waals surface area contributed by atoms with E-state index in [0.717, 1.165) is 23.5 Å². The minimum absolute atomic E-state index is 0.152. The van der Waals surface area contributed by atoms with E-state index in [9.17, 15) is 9.59 Å². The molecule has 2 amide bonds. The molecule has 5 nitrogen and oxygen atoms in total. The molecule has 0 saturated heterocycles. The molecule has 5 heteroatoms. The van der Waals surface area contributed by atoms with Crippen LogP contribution in [-0.4, -0.2) is 18.9 Å². The molecule has 4 bridgehead atoms. The van der Waals surface area contributed by atoms with Crippen molar-refractivity contribution < 1.29 is 14.3 Å². The predicted molar refractivity (Wildman–Crippen MR) is 116 cm³/mol. The molecular formula is C25H28N2O3. The fourth-order valence-corrected chi connectivity index (χ4v) is 6.63. The predicted octanol–water partition coefficient (Wildman–Crippen LogP) is 4.51. The number of carbonyl (C=O) groups excluding carboxylic acids is 2. The highest BCUT2D eigenvalue weighted by Crippen LogP contribution is 2.61. The lowest BCUT2D eigenvalue weighted by Crippen LogP contribution is -2.48. The molecule has 156 valence electrons. The Kier molecular flexibility index (Phi) is 4.57. The third kappa shape index (κ3) is 3.26. The summed E-state index contributed by atoms with van der Waals surface area (Å²) in [5.41, 5.74) is 8.34. The van der Waals surface area contributed by atoms with E-state index in [-0.39, 0.29) is 11.3 Å². The van der Waals surface area contributed by atoms with Crippen LogP contribution in [0.4, 0.5) is 5.69 Å². The summed E-state index contributed by atoms with van der Waals surface area (Å²) in [6, 6.07) is 12.5. The normalized spacial score (nSPS) is 28.9. The van der Waals surface area contributed by atoms with Crippen LogP contribution in [0.2, 0.25) is 0 Å². The number of methoxy groups -OCH3 is 1. The standard InChI is InChI=1S/C25H28N2O3/c1-30-22-7-4-19(24(29)27-20-5-2-18(3-6-20)23(26)28)11-21(22)25-12-15-8-16(13-25)10-17(9-15)14-25/h2-7,11,15-17H,8-10,12-14H2,1H3,(H2,26,28)(H,27,29). The highest BCUT2D eigenvalue weighted by Gasteiger charge is 2.52. The number of hydrogen-bond donors (Lipinski definition) is 2. The molecule has 6 rings (SSSR count). The van der Waals surface area contributed by atoms with E-state index < -0.39 is 5.91 Å². The van der Waals surface area contributed by atoms with E-state index in [2.05, 4.69) is 11.4 Å². The molecule has 0 aromatic heterocycles. The molecule has 4 aliphatic carbocycles. The second-order valence-corrected chi connectivity index (χ2v) is 9.51. The van der Waals surface area contributed by atoms with Gasteiger partial charge < -0.3 is 15.8 Å². The molecule has 4 saturated carbocycles. The number of hydrogen-bond acceptors (Lipinski definition) is 3. The van der Waals surface area contributed by atoms with E-state index >= 15 is 0 Å². The van der Waals surface area contributed by atoms with Gasteiger partial charge in [0.25, 0.3) is 5.91 Å². The van der Waals surface area contributed by atoms with Crippen LogP contribution in [0.25, 0.3) is 0 Å². The SMILES string of the molecule is COc1ccc(C(=O)Nc2ccc(C(N)=O)cc2)cc1C12CC3CC(CC(C3)C1)C2. The van der Waals surface area contributed by atoms with Gasteiger partial charge in [0.15, 0.2) is 0 Å². The fourth-order valence-electron chi connectivity index (χ4n) is 6.63. The van der Waals surface area contributed by atoms with Gasteiger partial charge in [-0.1, -0.05) is 0 Å². The molecule has 30 heavy (non-hydrogen) atoms. The Bertz CT molecular complexity index is 961. The van der Waals surface area contributed by atoms with Gasteiger partial charge >= 0.3 is 0 Å². The van der Waals surface area contributed by atoms with E-state index in [1.54, 1.807) is 31.4 Å². The molecule has 0 spiro atoms. The lowest BCUT2D eigenvalue weighted by Gasteiger charge is -2.57. The second kappa shape index (κ2) is 7.15. The van der Waals surface area contributed by atoms with Gasteiger partial charge in [-0.05, 0) is 104 Å². The highest BCUT2D eigenvalue weighted by atomic mass is 16.5. The number of amides is 2. The zero-order valence-electron chi connectivity index (χ0n) is 17.3. The molecule has 4 aliphatic rings. The van der Waals surface area contributed by atoms with E-state index in [1.807, 2.05) is 12.1 Å². The van der Waals surface area contributed by atoms with Crippen LogP contribution in [0.5, 0.6) is 5.75 Å². The number of carbonyl (C=O) groups is 2. The summed E-state index contributed by atoms with van der Waals surface area (Å²) in [4.78, 5) is 24.2. The summed E-state index contributed by atoms with van der Waals surface area (Å²) in [5, 5.41) is 2.93. The first-order valence-corrected chi connectivity index (χ1v) is 10.9. The Balaban J connectivity index is 1.43. The number of nitrogens with two attached hydrogens (primary N) is 1. The zero-order chi connectivity index (χ0) is 20.9. The van der Waals surface area contributed by atoms with Gasteiger partial charge in [0.2, 0.25) is 5.91 Å². The Labute approximate surface area is 177 Å². The van der Waals surface area contributed by atoms with Crippen molar-refractivity contribution in [2.24, 2.45) is 23.5 Å². The largest absolute Gasteiger partial charge is 0.496 e. The van der Waals surface area contributed by atoms with Gasteiger partial charge in [-0.3, -0.25) is 9.59 Å². The van der Waals surface area contributed by atoms with Crippen molar-refractivity contribution in [1.29, 1.82) is 0 Å². The van der Waals surface area contributed by atoms with Crippen LogP contribution < -0.4 is 15.8 Å². The topological polar surface area (TPSA) is 81.4 Å². The smallest absolute Gasteiger partial charge is 0.255 e. The molecule has 2 aromatic rings. The van der Waals surface area contributed by atoms with Gasteiger partial charge in [0.1, 0.15) is 5.75 Å². The van der Waals surface area contributed by atoms with Crippen molar-refractivity contribution in [2.75, 3.05) is 12.4 Å². The number of anilines is 1. The molecule has 0 aliphatic heterocycles. The molecule has 0 atom stereocenters. The third-order valence-corrected chi connectivity index (χ3v) is 7.50. The molecule has 0 unspecified atom stereocenters. The maximum atomic E-state index is 13.0. The summed E-state index contributed by atoms with van der Waals surface area (Å²) in [7, 11) is 1.72. The maximum absolute atomic E-state index is 13.0. The quantitative estimate of drug-likeness (QED) is 0.769. The van der Waals surface area contributed by atoms with Crippen LogP contribution >= 0.6 is 0 Å². The van der Waals surface area contributed by atoms with Crippen LogP contribution in [0.15, 0.2) is 42.5 Å². The molecule has 0 radical (unpaired) electrons. The third-order valence-electron chi connectivity index (χ3n) is 7.50. The van der Waals surface area contributed by atoms with E-state index in [0.29, 0.717) is 16.8 Å². The maximum Gasteiger partial charge on any atom is 0.255 e. The summed E-state index contributed by atoms with van der Waals surface area (Å²) in [6.45, 7) is 0. The van der Waals surface area contributed by atoms with E-state index in [1.165, 1.54) is 44.1 Å². The summed E-state index contributed by atoms with van der Waals surface area (Å²) < 4.78 is 5.75. The van der Waals surface area contributed by atoms with Crippen molar-refractivity contribution in [3.8, 4) is 5.75 Å². The molecule has 3 N–H and O–H groups in total. The van der Waals surface area contributed by atoms with Crippen molar-refractivity contribution >= 4 is 17.5 Å². The van der Waals surface area contributed by atoms with Gasteiger partial charge in [-0.15, -0.1) is 0 Å². The highest BCUT2D eigenvalue weighted by molar-refractivity contribution is 6.04. The monoisotopic (exact) mass is 404 g/mol. The summed E-state index contributed by atoms with van der Waals surface area (Å²) >= 11 is 0. The summed E-state index contributed by atoms with van der Waals surface area (Å²) in [5.74, 6) is 2.73. The number of primary amides is 1. The Morgan fingerprint density at radius 3 is 2.03 bits per heavy atom. The van der Waals surface area contributed by atoms with Crippen LogP contribution in [0, 0.1) is 17.8 Å². The average Bonchev–Trinajstić information content (AvgIpc) is 2.72. The lowest BCUT2D eigenvalue weighted by atomic mass is 9.48. The second-order valence-electron chi connectivity index (χ2n) is 9.51. The van der Waals surface area contributed by atoms with Crippen molar-refractivity contribution in [3.63, 3.8) is 0 Å².